The monoisotopic (exact) mass is 532 g/mol. The number of carbonyl (C=O) groups excluding carboxylic acids is 2. The zero-order valence-corrected chi connectivity index (χ0v) is 22.1. The molecule has 0 radical (unpaired) electrons. The maximum Gasteiger partial charge on any atom is 0.273 e. The summed E-state index contributed by atoms with van der Waals surface area (Å²) in [5, 5.41) is 4.62. The Bertz CT molecular complexity index is 1480. The van der Waals surface area contributed by atoms with Crippen LogP contribution in [0.3, 0.4) is 0 Å². The van der Waals surface area contributed by atoms with Crippen LogP contribution in [0.25, 0.3) is 11.1 Å². The average Bonchev–Trinajstić information content (AvgIpc) is 3.43. The Hall–Kier alpha value is -3.75. The number of thiophene rings is 1. The number of hydrogen-bond donors (Lipinski definition) is 2. The molecule has 2 N–H and O–H groups in total. The maximum absolute atomic E-state index is 12.4. The summed E-state index contributed by atoms with van der Waals surface area (Å²) in [7, 11) is -3.83. The zero-order chi connectivity index (χ0) is 26.3. The fourth-order valence-electron chi connectivity index (χ4n) is 4.01. The minimum Gasteiger partial charge on any atom is -0.352 e. The van der Waals surface area contributed by atoms with E-state index >= 15 is 0 Å². The van der Waals surface area contributed by atoms with E-state index in [0.717, 1.165) is 44.7 Å². The molecule has 0 aliphatic carbocycles. The van der Waals surface area contributed by atoms with Gasteiger partial charge < -0.3 is 5.32 Å². The first-order valence-electron chi connectivity index (χ1n) is 11.9. The van der Waals surface area contributed by atoms with Crippen molar-refractivity contribution in [2.45, 2.75) is 36.9 Å². The van der Waals surface area contributed by atoms with Crippen LogP contribution in [-0.2, 0) is 39.0 Å². The average molecular weight is 533 g/mol. The molecule has 8 heteroatoms. The van der Waals surface area contributed by atoms with Crippen molar-refractivity contribution in [1.29, 1.82) is 0 Å². The van der Waals surface area contributed by atoms with E-state index in [4.69, 9.17) is 0 Å². The van der Waals surface area contributed by atoms with Gasteiger partial charge in [0.15, 0.2) is 0 Å². The van der Waals surface area contributed by atoms with E-state index in [1.165, 1.54) is 6.07 Å². The summed E-state index contributed by atoms with van der Waals surface area (Å²) in [4.78, 5) is 24.7. The molecule has 1 aromatic heterocycles. The Balaban J connectivity index is 1.34. The lowest BCUT2D eigenvalue weighted by Gasteiger charge is -2.11. The maximum atomic E-state index is 12.4. The third-order valence-corrected chi connectivity index (χ3v) is 8.62. The Morgan fingerprint density at radius 1 is 0.838 bits per heavy atom. The van der Waals surface area contributed by atoms with Gasteiger partial charge in [0.2, 0.25) is 11.8 Å². The van der Waals surface area contributed by atoms with Crippen LogP contribution in [0.2, 0.25) is 0 Å². The number of carbonyl (C=O) groups is 2. The molecular formula is C29H28N2O4S2. The van der Waals surface area contributed by atoms with Gasteiger partial charge in [-0.3, -0.25) is 9.59 Å². The second-order valence-electron chi connectivity index (χ2n) is 8.76. The molecule has 0 bridgehead atoms. The number of sulfonamides is 1. The van der Waals surface area contributed by atoms with Crippen molar-refractivity contribution in [1.82, 2.24) is 10.0 Å². The van der Waals surface area contributed by atoms with Crippen LogP contribution in [0.15, 0.2) is 94.5 Å². The predicted molar refractivity (Wildman–Crippen MR) is 147 cm³/mol. The molecule has 0 atom stereocenters. The van der Waals surface area contributed by atoms with Crippen molar-refractivity contribution in [3.63, 3.8) is 0 Å². The van der Waals surface area contributed by atoms with E-state index in [-0.39, 0.29) is 16.5 Å². The lowest BCUT2D eigenvalue weighted by molar-refractivity contribution is -0.121. The Morgan fingerprint density at radius 3 is 2.35 bits per heavy atom. The fraction of sp³-hybridized carbons (Fsp3) is 0.172. The Kier molecular flexibility index (Phi) is 8.53. The number of nitrogens with one attached hydrogen (secondary N) is 2. The smallest absolute Gasteiger partial charge is 0.273 e. The Labute approximate surface area is 221 Å². The van der Waals surface area contributed by atoms with Crippen molar-refractivity contribution in [3.8, 4) is 11.1 Å². The van der Waals surface area contributed by atoms with E-state index < -0.39 is 15.9 Å². The van der Waals surface area contributed by atoms with Crippen LogP contribution >= 0.6 is 11.3 Å². The van der Waals surface area contributed by atoms with Gasteiger partial charge in [0, 0.05) is 13.0 Å². The first-order valence-corrected chi connectivity index (χ1v) is 14.2. The summed E-state index contributed by atoms with van der Waals surface area (Å²) in [6.07, 6.45) is 0.792. The highest BCUT2D eigenvalue weighted by atomic mass is 32.2. The van der Waals surface area contributed by atoms with Crippen LogP contribution in [0.5, 0.6) is 0 Å². The molecule has 6 nitrogen and oxygen atoms in total. The molecule has 0 fully saturated rings. The standard InChI is InChI=1S/C29H28N2O4S2/c1-21-6-4-7-23(18-21)19-28(33)30-20-22-11-13-25(14-12-22)26-9-3-2-8-24(26)15-16-27(32)31-37(34,35)29-10-5-17-36-29/h2-14,17-18H,15-16,19-20H2,1H3,(H,30,33)(H,31,32). The van der Waals surface area contributed by atoms with Gasteiger partial charge in [0.25, 0.3) is 10.0 Å². The topological polar surface area (TPSA) is 92.3 Å². The van der Waals surface area contributed by atoms with Crippen molar-refractivity contribution < 1.29 is 18.0 Å². The molecule has 0 aliphatic rings. The zero-order valence-electron chi connectivity index (χ0n) is 20.4. The molecule has 0 unspecified atom stereocenters. The summed E-state index contributed by atoms with van der Waals surface area (Å²) in [6.45, 7) is 2.44. The number of aryl methyl sites for hydroxylation is 2. The number of rotatable bonds is 10. The van der Waals surface area contributed by atoms with Gasteiger partial charge >= 0.3 is 0 Å². The molecule has 1 heterocycles. The van der Waals surface area contributed by atoms with E-state index in [1.807, 2.05) is 79.7 Å². The fourth-order valence-corrected chi connectivity index (χ4v) is 6.02. The molecule has 2 amide bonds. The summed E-state index contributed by atoms with van der Waals surface area (Å²) in [5.41, 5.74) is 6.01. The molecule has 3 aromatic carbocycles. The van der Waals surface area contributed by atoms with Gasteiger partial charge in [-0.25, -0.2) is 13.1 Å². The SMILES string of the molecule is Cc1cccc(CC(=O)NCc2ccc(-c3ccccc3CCC(=O)NS(=O)(=O)c3cccs3)cc2)c1. The lowest BCUT2D eigenvalue weighted by Crippen LogP contribution is -2.30. The van der Waals surface area contributed by atoms with Gasteiger partial charge in [-0.1, -0.05) is 84.4 Å². The van der Waals surface area contributed by atoms with Crippen LogP contribution in [0.1, 0.15) is 28.7 Å². The van der Waals surface area contributed by atoms with Gasteiger partial charge in [-0.2, -0.15) is 0 Å². The van der Waals surface area contributed by atoms with Crippen molar-refractivity contribution in [2.24, 2.45) is 0 Å². The number of benzene rings is 3. The summed E-state index contributed by atoms with van der Waals surface area (Å²) >= 11 is 1.07. The Morgan fingerprint density at radius 2 is 1.62 bits per heavy atom. The highest BCUT2D eigenvalue weighted by Gasteiger charge is 2.18. The van der Waals surface area contributed by atoms with Crippen LogP contribution in [0, 0.1) is 6.92 Å². The van der Waals surface area contributed by atoms with E-state index in [0.29, 0.717) is 19.4 Å². The highest BCUT2D eigenvalue weighted by Crippen LogP contribution is 2.25. The minimum absolute atomic E-state index is 0.0283. The van der Waals surface area contributed by atoms with Crippen molar-refractivity contribution >= 4 is 33.2 Å². The summed E-state index contributed by atoms with van der Waals surface area (Å²) < 4.78 is 26.8. The first kappa shape index (κ1) is 26.3. The van der Waals surface area contributed by atoms with Gasteiger partial charge in [0.1, 0.15) is 4.21 Å². The minimum atomic E-state index is -3.83. The molecule has 37 heavy (non-hydrogen) atoms. The molecule has 0 saturated carbocycles. The van der Waals surface area contributed by atoms with Crippen molar-refractivity contribution in [2.75, 3.05) is 0 Å². The summed E-state index contributed by atoms with van der Waals surface area (Å²) in [6, 6.07) is 26.7. The predicted octanol–water partition coefficient (Wildman–Crippen LogP) is 5.02. The third kappa shape index (κ3) is 7.38. The van der Waals surface area contributed by atoms with E-state index in [9.17, 15) is 18.0 Å². The molecule has 190 valence electrons. The summed E-state index contributed by atoms with van der Waals surface area (Å²) in [5.74, 6) is -0.570. The van der Waals surface area contributed by atoms with E-state index in [1.54, 1.807) is 11.4 Å². The lowest BCUT2D eigenvalue weighted by atomic mass is 9.96. The van der Waals surface area contributed by atoms with Crippen LogP contribution in [0.4, 0.5) is 0 Å². The number of amides is 2. The molecule has 4 rings (SSSR count). The molecular weight excluding hydrogens is 504 g/mol. The largest absolute Gasteiger partial charge is 0.352 e. The molecule has 4 aromatic rings. The van der Waals surface area contributed by atoms with Crippen LogP contribution < -0.4 is 10.0 Å². The highest BCUT2D eigenvalue weighted by molar-refractivity contribution is 7.92. The first-order chi connectivity index (χ1) is 17.8. The molecule has 0 aliphatic heterocycles. The normalized spacial score (nSPS) is 11.2. The van der Waals surface area contributed by atoms with E-state index in [2.05, 4.69) is 10.0 Å². The van der Waals surface area contributed by atoms with Gasteiger partial charge in [-0.15, -0.1) is 11.3 Å². The molecule has 0 saturated heterocycles. The van der Waals surface area contributed by atoms with Crippen LogP contribution in [-0.4, -0.2) is 20.2 Å². The third-order valence-electron chi connectivity index (χ3n) is 5.85. The number of hydrogen-bond acceptors (Lipinski definition) is 5. The van der Waals surface area contributed by atoms with Crippen molar-refractivity contribution in [3.05, 3.63) is 113 Å². The van der Waals surface area contributed by atoms with Gasteiger partial charge in [-0.05, 0) is 52.6 Å². The molecule has 0 spiro atoms. The quantitative estimate of drug-likeness (QED) is 0.300. The second-order valence-corrected chi connectivity index (χ2v) is 11.6. The second kappa shape index (κ2) is 12.0. The van der Waals surface area contributed by atoms with Gasteiger partial charge in [0.05, 0.1) is 6.42 Å².